The van der Waals surface area contributed by atoms with Gasteiger partial charge in [-0.05, 0) is 32.4 Å². The van der Waals surface area contributed by atoms with Crippen LogP contribution in [-0.2, 0) is 6.54 Å². The number of likely N-dealkylation sites (N-methyl/N-ethyl adjacent to an activating group) is 1. The van der Waals surface area contributed by atoms with Gasteiger partial charge in [0.25, 0.3) is 0 Å². The quantitative estimate of drug-likeness (QED) is 0.867. The Morgan fingerprint density at radius 2 is 2.33 bits per heavy atom. The van der Waals surface area contributed by atoms with Crippen molar-refractivity contribution in [2.75, 3.05) is 25.0 Å². The highest BCUT2D eigenvalue weighted by Gasteiger charge is 2.25. The van der Waals surface area contributed by atoms with Crippen molar-refractivity contribution in [1.82, 2.24) is 19.9 Å². The number of hydrogen-bond acceptors (Lipinski definition) is 6. The number of piperidine rings is 1. The SMILES string of the molecule is Cc1ccnc(N(C)C2CCCN(Cc3cscn3)C2)n1. The maximum Gasteiger partial charge on any atom is 0.225 e. The minimum atomic E-state index is 0.471. The first kappa shape index (κ1) is 14.4. The highest BCUT2D eigenvalue weighted by Crippen LogP contribution is 2.20. The summed E-state index contributed by atoms with van der Waals surface area (Å²) in [5.41, 5.74) is 4.10. The summed E-state index contributed by atoms with van der Waals surface area (Å²) >= 11 is 1.67. The highest BCUT2D eigenvalue weighted by atomic mass is 32.1. The van der Waals surface area contributed by atoms with Crippen molar-refractivity contribution in [2.45, 2.75) is 32.4 Å². The summed E-state index contributed by atoms with van der Waals surface area (Å²) in [5.74, 6) is 0.829. The molecule has 0 aliphatic carbocycles. The van der Waals surface area contributed by atoms with Gasteiger partial charge >= 0.3 is 0 Å². The molecule has 0 aromatic carbocycles. The fraction of sp³-hybridized carbons (Fsp3) is 0.533. The summed E-state index contributed by atoms with van der Waals surface area (Å²) in [5, 5.41) is 2.14. The van der Waals surface area contributed by atoms with E-state index in [0.29, 0.717) is 6.04 Å². The zero-order valence-electron chi connectivity index (χ0n) is 12.6. The number of aromatic nitrogens is 3. The summed E-state index contributed by atoms with van der Waals surface area (Å²) in [6.45, 7) is 5.15. The van der Waals surface area contributed by atoms with Crippen LogP contribution in [-0.4, -0.2) is 46.0 Å². The number of aryl methyl sites for hydroxylation is 1. The Morgan fingerprint density at radius 3 is 3.10 bits per heavy atom. The lowest BCUT2D eigenvalue weighted by atomic mass is 10.0. The number of hydrogen-bond donors (Lipinski definition) is 0. The van der Waals surface area contributed by atoms with Gasteiger partial charge in [0.1, 0.15) is 0 Å². The predicted molar refractivity (Wildman–Crippen MR) is 85.6 cm³/mol. The van der Waals surface area contributed by atoms with Gasteiger partial charge in [0.05, 0.1) is 11.2 Å². The van der Waals surface area contributed by atoms with E-state index in [4.69, 9.17) is 0 Å². The molecule has 3 heterocycles. The van der Waals surface area contributed by atoms with Crippen LogP contribution in [0.2, 0.25) is 0 Å². The van der Waals surface area contributed by atoms with Crippen molar-refractivity contribution >= 4 is 17.3 Å². The Kier molecular flexibility index (Phi) is 4.45. The van der Waals surface area contributed by atoms with Crippen LogP contribution < -0.4 is 4.90 Å². The lowest BCUT2D eigenvalue weighted by Crippen LogP contribution is -2.46. The van der Waals surface area contributed by atoms with Crippen LogP contribution in [0, 0.1) is 6.92 Å². The van der Waals surface area contributed by atoms with Crippen LogP contribution >= 0.6 is 11.3 Å². The van der Waals surface area contributed by atoms with Crippen molar-refractivity contribution in [3.05, 3.63) is 34.5 Å². The molecule has 1 unspecified atom stereocenters. The second-order valence-corrected chi connectivity index (χ2v) is 6.34. The van der Waals surface area contributed by atoms with E-state index in [1.165, 1.54) is 18.5 Å². The van der Waals surface area contributed by atoms with Gasteiger partial charge in [-0.3, -0.25) is 4.90 Å². The lowest BCUT2D eigenvalue weighted by molar-refractivity contribution is 0.196. The molecule has 0 radical (unpaired) electrons. The molecule has 5 nitrogen and oxygen atoms in total. The maximum absolute atomic E-state index is 4.53. The molecule has 112 valence electrons. The number of thiazole rings is 1. The summed E-state index contributed by atoms with van der Waals surface area (Å²) in [7, 11) is 2.10. The zero-order chi connectivity index (χ0) is 14.7. The van der Waals surface area contributed by atoms with E-state index in [9.17, 15) is 0 Å². The molecular weight excluding hydrogens is 282 g/mol. The first-order valence-corrected chi connectivity index (χ1v) is 8.28. The third kappa shape index (κ3) is 3.57. The van der Waals surface area contributed by atoms with E-state index in [0.717, 1.165) is 31.3 Å². The molecule has 1 fully saturated rings. The Morgan fingerprint density at radius 1 is 1.43 bits per heavy atom. The van der Waals surface area contributed by atoms with Gasteiger partial charge in [-0.25, -0.2) is 15.0 Å². The van der Waals surface area contributed by atoms with Crippen LogP contribution in [0.4, 0.5) is 5.95 Å². The van der Waals surface area contributed by atoms with Gasteiger partial charge in [0.2, 0.25) is 5.95 Å². The van der Waals surface area contributed by atoms with Crippen molar-refractivity contribution in [3.63, 3.8) is 0 Å². The summed E-state index contributed by atoms with van der Waals surface area (Å²) < 4.78 is 0. The first-order chi connectivity index (χ1) is 10.2. The number of nitrogens with zero attached hydrogens (tertiary/aromatic N) is 5. The van der Waals surface area contributed by atoms with Gasteiger partial charge < -0.3 is 4.90 Å². The Hall–Kier alpha value is -1.53. The highest BCUT2D eigenvalue weighted by molar-refractivity contribution is 7.07. The Bertz CT molecular complexity index is 571. The average molecular weight is 303 g/mol. The van der Waals surface area contributed by atoms with Crippen molar-refractivity contribution in [3.8, 4) is 0 Å². The molecule has 1 aliphatic rings. The van der Waals surface area contributed by atoms with Gasteiger partial charge in [-0.2, -0.15) is 0 Å². The van der Waals surface area contributed by atoms with Crippen LogP contribution in [0.25, 0.3) is 0 Å². The van der Waals surface area contributed by atoms with E-state index in [2.05, 4.69) is 37.2 Å². The Labute approximate surface area is 129 Å². The zero-order valence-corrected chi connectivity index (χ0v) is 13.4. The minimum absolute atomic E-state index is 0.471. The van der Waals surface area contributed by atoms with E-state index in [-0.39, 0.29) is 0 Å². The van der Waals surface area contributed by atoms with Gasteiger partial charge in [0.15, 0.2) is 0 Å². The molecule has 0 saturated carbocycles. The average Bonchev–Trinajstić information content (AvgIpc) is 3.00. The summed E-state index contributed by atoms with van der Waals surface area (Å²) in [4.78, 5) is 18.0. The third-order valence-corrected chi connectivity index (χ3v) is 4.63. The largest absolute Gasteiger partial charge is 0.340 e. The van der Waals surface area contributed by atoms with Crippen LogP contribution in [0.5, 0.6) is 0 Å². The molecule has 0 N–H and O–H groups in total. The van der Waals surface area contributed by atoms with E-state index in [1.54, 1.807) is 11.3 Å². The van der Waals surface area contributed by atoms with Crippen molar-refractivity contribution in [2.24, 2.45) is 0 Å². The standard InChI is InChI=1S/C15H21N5S/c1-12-5-6-16-15(18-12)19(2)14-4-3-7-20(9-14)8-13-10-21-11-17-13/h5-6,10-11,14H,3-4,7-9H2,1-2H3. The molecule has 0 bridgehead atoms. The molecule has 3 rings (SSSR count). The van der Waals surface area contributed by atoms with Crippen LogP contribution in [0.1, 0.15) is 24.2 Å². The number of anilines is 1. The molecular formula is C15H21N5S. The predicted octanol–water partition coefficient (Wildman–Crippen LogP) is 2.34. The fourth-order valence-electron chi connectivity index (χ4n) is 2.80. The number of rotatable bonds is 4. The number of likely N-dealkylation sites (tertiary alicyclic amines) is 1. The van der Waals surface area contributed by atoms with Crippen molar-refractivity contribution in [1.29, 1.82) is 0 Å². The second kappa shape index (κ2) is 6.49. The molecule has 1 saturated heterocycles. The molecule has 21 heavy (non-hydrogen) atoms. The molecule has 1 aliphatic heterocycles. The van der Waals surface area contributed by atoms with Crippen LogP contribution in [0.3, 0.4) is 0 Å². The molecule has 0 spiro atoms. The molecule has 2 aromatic rings. The van der Waals surface area contributed by atoms with Crippen molar-refractivity contribution < 1.29 is 0 Å². The van der Waals surface area contributed by atoms with Crippen LogP contribution in [0.15, 0.2) is 23.2 Å². The fourth-order valence-corrected chi connectivity index (χ4v) is 3.35. The van der Waals surface area contributed by atoms with Gasteiger partial charge in [-0.15, -0.1) is 11.3 Å². The van der Waals surface area contributed by atoms with E-state index < -0.39 is 0 Å². The molecule has 0 amide bonds. The Balaban J connectivity index is 1.65. The summed E-state index contributed by atoms with van der Waals surface area (Å²) in [6.07, 6.45) is 4.25. The molecule has 2 aromatic heterocycles. The topological polar surface area (TPSA) is 45.2 Å². The lowest BCUT2D eigenvalue weighted by Gasteiger charge is -2.37. The van der Waals surface area contributed by atoms with Gasteiger partial charge in [0, 0.05) is 43.4 Å². The minimum Gasteiger partial charge on any atom is -0.340 e. The molecule has 6 heteroatoms. The normalized spacial score (nSPS) is 19.6. The summed E-state index contributed by atoms with van der Waals surface area (Å²) in [6, 6.07) is 2.41. The third-order valence-electron chi connectivity index (χ3n) is 3.99. The van der Waals surface area contributed by atoms with E-state index >= 15 is 0 Å². The monoisotopic (exact) mass is 303 g/mol. The second-order valence-electron chi connectivity index (χ2n) is 5.62. The molecule has 1 atom stereocenters. The van der Waals surface area contributed by atoms with E-state index in [1.807, 2.05) is 24.7 Å². The maximum atomic E-state index is 4.53. The first-order valence-electron chi connectivity index (χ1n) is 7.34. The van der Waals surface area contributed by atoms with Gasteiger partial charge in [-0.1, -0.05) is 0 Å². The smallest absolute Gasteiger partial charge is 0.225 e.